The molecule has 3 aromatic rings. The Bertz CT molecular complexity index is 1000. The number of hydrogen-bond donors (Lipinski definition) is 1. The maximum Gasteiger partial charge on any atom is 0.221 e. The highest BCUT2D eigenvalue weighted by atomic mass is 35.5. The summed E-state index contributed by atoms with van der Waals surface area (Å²) in [5.74, 6) is 0.567. The Morgan fingerprint density at radius 1 is 0.939 bits per heavy atom. The summed E-state index contributed by atoms with van der Waals surface area (Å²) in [6.45, 7) is 2.98. The van der Waals surface area contributed by atoms with Crippen LogP contribution in [0, 0.1) is 5.92 Å². The van der Waals surface area contributed by atoms with Gasteiger partial charge in [0.05, 0.1) is 6.04 Å². The van der Waals surface area contributed by atoms with Crippen LogP contribution in [-0.2, 0) is 4.79 Å². The van der Waals surface area contributed by atoms with Gasteiger partial charge in [-0.3, -0.25) is 9.69 Å². The van der Waals surface area contributed by atoms with E-state index in [2.05, 4.69) is 52.7 Å². The van der Waals surface area contributed by atoms with Crippen LogP contribution in [0.15, 0.2) is 91.0 Å². The lowest BCUT2D eigenvalue weighted by atomic mass is 9.92. The number of carbonyl (C=O) groups is 1. The quantitative estimate of drug-likeness (QED) is 0.426. The maximum absolute atomic E-state index is 13.0. The van der Waals surface area contributed by atoms with Gasteiger partial charge in [-0.15, -0.1) is 0 Å². The molecular formula is C29H31ClN2O. The number of nitrogens with zero attached hydrogens (tertiary/aromatic N) is 1. The van der Waals surface area contributed by atoms with Crippen LogP contribution in [0.2, 0.25) is 5.02 Å². The normalized spacial score (nSPS) is 15.2. The van der Waals surface area contributed by atoms with Crippen molar-refractivity contribution >= 4 is 23.6 Å². The number of hydrogen-bond acceptors (Lipinski definition) is 2. The lowest BCUT2D eigenvalue weighted by molar-refractivity contribution is -0.122. The first-order valence-electron chi connectivity index (χ1n) is 11.7. The fourth-order valence-electron chi connectivity index (χ4n) is 4.45. The third-order valence-corrected chi connectivity index (χ3v) is 6.51. The van der Waals surface area contributed by atoms with Gasteiger partial charge in [0.2, 0.25) is 5.91 Å². The lowest BCUT2D eigenvalue weighted by Gasteiger charge is -2.31. The van der Waals surface area contributed by atoms with E-state index < -0.39 is 0 Å². The molecule has 3 nitrogen and oxygen atoms in total. The average molecular weight is 459 g/mol. The van der Waals surface area contributed by atoms with Crippen LogP contribution in [0.5, 0.6) is 0 Å². The van der Waals surface area contributed by atoms with Crippen molar-refractivity contribution in [2.24, 2.45) is 5.92 Å². The van der Waals surface area contributed by atoms with Gasteiger partial charge in [-0.1, -0.05) is 96.5 Å². The Morgan fingerprint density at radius 3 is 2.18 bits per heavy atom. The van der Waals surface area contributed by atoms with Gasteiger partial charge in [0.1, 0.15) is 0 Å². The second-order valence-electron chi connectivity index (χ2n) is 8.73. The summed E-state index contributed by atoms with van der Waals surface area (Å²) >= 11 is 6.05. The van der Waals surface area contributed by atoms with Crippen molar-refractivity contribution in [1.29, 1.82) is 0 Å². The van der Waals surface area contributed by atoms with Crippen molar-refractivity contribution in [1.82, 2.24) is 10.2 Å². The van der Waals surface area contributed by atoms with Gasteiger partial charge in [-0.05, 0) is 60.7 Å². The number of amides is 1. The van der Waals surface area contributed by atoms with Crippen LogP contribution in [0.3, 0.4) is 0 Å². The van der Waals surface area contributed by atoms with Gasteiger partial charge in [0.15, 0.2) is 0 Å². The Hall–Kier alpha value is -2.88. The Labute approximate surface area is 202 Å². The molecule has 0 aromatic heterocycles. The number of rotatable bonds is 8. The van der Waals surface area contributed by atoms with Crippen LogP contribution >= 0.6 is 11.6 Å². The summed E-state index contributed by atoms with van der Waals surface area (Å²) in [5, 5.41) is 4.05. The van der Waals surface area contributed by atoms with Crippen molar-refractivity contribution in [3.05, 3.63) is 113 Å². The predicted molar refractivity (Wildman–Crippen MR) is 137 cm³/mol. The third kappa shape index (κ3) is 7.05. The van der Waals surface area contributed by atoms with Crippen molar-refractivity contribution in [3.63, 3.8) is 0 Å². The minimum absolute atomic E-state index is 0.114. The maximum atomic E-state index is 13.0. The molecule has 0 spiro atoms. The average Bonchev–Trinajstić information content (AvgIpc) is 2.85. The molecule has 1 N–H and O–H groups in total. The molecule has 4 rings (SSSR count). The molecule has 0 bridgehead atoms. The smallest absolute Gasteiger partial charge is 0.221 e. The summed E-state index contributed by atoms with van der Waals surface area (Å²) in [6.07, 6.45) is 7.02. The molecule has 170 valence electrons. The zero-order valence-corrected chi connectivity index (χ0v) is 19.6. The van der Waals surface area contributed by atoms with Crippen LogP contribution in [-0.4, -0.2) is 30.4 Å². The van der Waals surface area contributed by atoms with Gasteiger partial charge in [-0.25, -0.2) is 0 Å². The molecule has 1 aliphatic heterocycles. The first-order valence-corrected chi connectivity index (χ1v) is 12.1. The molecule has 0 aliphatic carbocycles. The first kappa shape index (κ1) is 23.3. The number of carbonyl (C=O) groups excluding carboxylic acids is 1. The highest BCUT2D eigenvalue weighted by Crippen LogP contribution is 2.24. The number of likely N-dealkylation sites (tertiary alicyclic amines) is 1. The molecule has 4 heteroatoms. The van der Waals surface area contributed by atoms with Crippen molar-refractivity contribution in [2.75, 3.05) is 19.6 Å². The van der Waals surface area contributed by atoms with E-state index in [1.54, 1.807) is 0 Å². The largest absolute Gasteiger partial charge is 0.345 e. The highest BCUT2D eigenvalue weighted by Gasteiger charge is 2.23. The van der Waals surface area contributed by atoms with Gasteiger partial charge in [0, 0.05) is 18.0 Å². The van der Waals surface area contributed by atoms with E-state index in [1.807, 2.05) is 54.6 Å². The first-order chi connectivity index (χ1) is 16.2. The van der Waals surface area contributed by atoms with Crippen molar-refractivity contribution in [2.45, 2.75) is 25.3 Å². The topological polar surface area (TPSA) is 32.3 Å². The number of halogens is 1. The van der Waals surface area contributed by atoms with Gasteiger partial charge in [0.25, 0.3) is 0 Å². The number of piperidine rings is 1. The van der Waals surface area contributed by atoms with Gasteiger partial charge < -0.3 is 5.32 Å². The third-order valence-electron chi connectivity index (χ3n) is 6.27. The molecule has 1 fully saturated rings. The summed E-state index contributed by atoms with van der Waals surface area (Å²) in [6, 6.07) is 28.2. The lowest BCUT2D eigenvalue weighted by Crippen LogP contribution is -2.36. The molecule has 0 radical (unpaired) electrons. The van der Waals surface area contributed by atoms with E-state index in [0.717, 1.165) is 54.2 Å². The molecule has 1 saturated heterocycles. The van der Waals surface area contributed by atoms with E-state index >= 15 is 0 Å². The number of benzene rings is 3. The van der Waals surface area contributed by atoms with E-state index in [1.165, 1.54) is 0 Å². The summed E-state index contributed by atoms with van der Waals surface area (Å²) in [4.78, 5) is 15.4. The van der Waals surface area contributed by atoms with Crippen molar-refractivity contribution in [3.8, 4) is 0 Å². The Balaban J connectivity index is 1.27. The van der Waals surface area contributed by atoms with E-state index in [4.69, 9.17) is 11.6 Å². The number of nitrogens with one attached hydrogen (secondary N) is 1. The minimum Gasteiger partial charge on any atom is -0.345 e. The fourth-order valence-corrected chi connectivity index (χ4v) is 4.65. The Morgan fingerprint density at radius 2 is 1.58 bits per heavy atom. The molecule has 3 aromatic carbocycles. The van der Waals surface area contributed by atoms with Crippen LogP contribution in [0.1, 0.15) is 42.0 Å². The second-order valence-corrected chi connectivity index (χ2v) is 9.16. The van der Waals surface area contributed by atoms with Gasteiger partial charge >= 0.3 is 0 Å². The van der Waals surface area contributed by atoms with E-state index in [0.29, 0.717) is 12.3 Å². The standard InChI is InChI=1S/C29H31ClN2O/c30-27-15-7-9-23(21-27)10-8-18-32-19-16-24(17-20-32)22-28(33)31-29(25-11-3-1-4-12-25)26-13-5-2-6-14-26/h1-15,21,24,29H,16-20,22H2,(H,31,33)/b10-8+. The van der Waals surface area contributed by atoms with Crippen molar-refractivity contribution < 1.29 is 4.79 Å². The van der Waals surface area contributed by atoms with Crippen LogP contribution < -0.4 is 5.32 Å². The molecular weight excluding hydrogens is 428 g/mol. The Kier molecular flexibility index (Phi) is 8.35. The SMILES string of the molecule is O=C(CC1CCN(C/C=C/c2cccc(Cl)c2)CC1)NC(c1ccccc1)c1ccccc1. The molecule has 0 unspecified atom stereocenters. The minimum atomic E-state index is -0.114. The highest BCUT2D eigenvalue weighted by molar-refractivity contribution is 6.30. The summed E-state index contributed by atoms with van der Waals surface area (Å²) < 4.78 is 0. The zero-order valence-electron chi connectivity index (χ0n) is 18.9. The molecule has 0 atom stereocenters. The predicted octanol–water partition coefficient (Wildman–Crippen LogP) is 6.36. The molecule has 0 saturated carbocycles. The van der Waals surface area contributed by atoms with E-state index in [-0.39, 0.29) is 11.9 Å². The van der Waals surface area contributed by atoms with Gasteiger partial charge in [-0.2, -0.15) is 0 Å². The summed E-state index contributed by atoms with van der Waals surface area (Å²) in [5.41, 5.74) is 3.34. The summed E-state index contributed by atoms with van der Waals surface area (Å²) in [7, 11) is 0. The molecule has 33 heavy (non-hydrogen) atoms. The second kappa shape index (κ2) is 11.8. The molecule has 1 heterocycles. The zero-order chi connectivity index (χ0) is 22.9. The fraction of sp³-hybridized carbons (Fsp3) is 0.276. The molecule has 1 aliphatic rings. The van der Waals surface area contributed by atoms with Crippen LogP contribution in [0.25, 0.3) is 6.08 Å². The van der Waals surface area contributed by atoms with Crippen LogP contribution in [0.4, 0.5) is 0 Å². The molecule has 1 amide bonds. The van der Waals surface area contributed by atoms with E-state index in [9.17, 15) is 4.79 Å². The monoisotopic (exact) mass is 458 g/mol.